The summed E-state index contributed by atoms with van der Waals surface area (Å²) in [5.41, 5.74) is 0.849. The molecule has 1 amide bonds. The number of methoxy groups -OCH3 is 2. The molecule has 34 heavy (non-hydrogen) atoms. The molecule has 174 valence electrons. The van der Waals surface area contributed by atoms with Gasteiger partial charge in [-0.3, -0.25) is 14.9 Å². The molecule has 1 N–H and O–H groups in total. The van der Waals surface area contributed by atoms with Crippen molar-refractivity contribution in [2.24, 2.45) is 0 Å². The summed E-state index contributed by atoms with van der Waals surface area (Å²) < 4.78 is 17.9. The van der Waals surface area contributed by atoms with Crippen molar-refractivity contribution < 1.29 is 23.9 Å². The van der Waals surface area contributed by atoms with E-state index in [0.29, 0.717) is 28.5 Å². The minimum Gasteiger partial charge on any atom is -0.497 e. The third kappa shape index (κ3) is 4.55. The first-order valence-electron chi connectivity index (χ1n) is 10.1. The van der Waals surface area contributed by atoms with Gasteiger partial charge < -0.3 is 19.5 Å². The standard InChI is InChI=1S/C22H20N6O6/c1-32-14-7-8-18(33-2)16(13-14)21-25-24-19-9-10-20(26-27(19)21)34-12-11-23-22(29)15-5-3-4-6-17(15)28(30)31/h3-10,13H,11-12H2,1-2H3,(H,23,29). The molecule has 12 nitrogen and oxygen atoms in total. The zero-order valence-corrected chi connectivity index (χ0v) is 18.3. The second-order valence-electron chi connectivity index (χ2n) is 6.91. The lowest BCUT2D eigenvalue weighted by Gasteiger charge is -2.10. The van der Waals surface area contributed by atoms with Crippen molar-refractivity contribution in [3.63, 3.8) is 0 Å². The number of rotatable bonds is 9. The molecular formula is C22H20N6O6. The molecule has 4 rings (SSSR count). The van der Waals surface area contributed by atoms with Crippen LogP contribution in [-0.2, 0) is 0 Å². The maximum Gasteiger partial charge on any atom is 0.282 e. The van der Waals surface area contributed by atoms with Crippen molar-refractivity contribution in [3.05, 3.63) is 70.3 Å². The zero-order valence-electron chi connectivity index (χ0n) is 18.3. The van der Waals surface area contributed by atoms with E-state index in [-0.39, 0.29) is 30.3 Å². The lowest BCUT2D eigenvalue weighted by molar-refractivity contribution is -0.385. The Kier molecular flexibility index (Phi) is 6.48. The Labute approximate surface area is 193 Å². The molecule has 0 bridgehead atoms. The molecule has 0 atom stereocenters. The number of carbonyl (C=O) groups excluding carboxylic acids is 1. The summed E-state index contributed by atoms with van der Waals surface area (Å²) in [7, 11) is 3.11. The Morgan fingerprint density at radius 3 is 2.68 bits per heavy atom. The van der Waals surface area contributed by atoms with E-state index in [1.165, 1.54) is 22.7 Å². The van der Waals surface area contributed by atoms with Crippen LogP contribution in [0.2, 0.25) is 0 Å². The van der Waals surface area contributed by atoms with Crippen LogP contribution in [0.15, 0.2) is 54.6 Å². The molecule has 0 spiro atoms. The van der Waals surface area contributed by atoms with Crippen LogP contribution in [0.5, 0.6) is 17.4 Å². The van der Waals surface area contributed by atoms with Gasteiger partial charge in [0, 0.05) is 12.1 Å². The topological polar surface area (TPSA) is 143 Å². The van der Waals surface area contributed by atoms with Gasteiger partial charge in [-0.1, -0.05) is 12.1 Å². The van der Waals surface area contributed by atoms with Crippen molar-refractivity contribution in [3.8, 4) is 28.8 Å². The average Bonchev–Trinajstić information content (AvgIpc) is 3.29. The van der Waals surface area contributed by atoms with Crippen molar-refractivity contribution in [2.75, 3.05) is 27.4 Å². The van der Waals surface area contributed by atoms with Gasteiger partial charge in [0.15, 0.2) is 11.5 Å². The van der Waals surface area contributed by atoms with E-state index in [2.05, 4.69) is 20.6 Å². The predicted octanol–water partition coefficient (Wildman–Crippen LogP) is 2.53. The van der Waals surface area contributed by atoms with Crippen LogP contribution in [0, 0.1) is 10.1 Å². The highest BCUT2D eigenvalue weighted by Crippen LogP contribution is 2.32. The Bertz CT molecular complexity index is 1350. The molecule has 4 aromatic rings. The van der Waals surface area contributed by atoms with E-state index in [9.17, 15) is 14.9 Å². The van der Waals surface area contributed by atoms with Crippen LogP contribution >= 0.6 is 0 Å². The van der Waals surface area contributed by atoms with Gasteiger partial charge in [-0.05, 0) is 30.3 Å². The maximum atomic E-state index is 12.3. The normalized spacial score (nSPS) is 10.6. The Balaban J connectivity index is 1.47. The van der Waals surface area contributed by atoms with Crippen LogP contribution in [0.1, 0.15) is 10.4 Å². The summed E-state index contributed by atoms with van der Waals surface area (Å²) in [5.74, 6) is 1.33. The van der Waals surface area contributed by atoms with E-state index in [4.69, 9.17) is 14.2 Å². The molecule has 0 aliphatic rings. The fourth-order valence-electron chi connectivity index (χ4n) is 3.25. The number of hydrogen-bond acceptors (Lipinski definition) is 9. The molecule has 12 heteroatoms. The zero-order chi connectivity index (χ0) is 24.1. The number of hydrogen-bond donors (Lipinski definition) is 1. The molecule has 2 aromatic heterocycles. The van der Waals surface area contributed by atoms with Gasteiger partial charge in [0.1, 0.15) is 23.7 Å². The first-order chi connectivity index (χ1) is 16.5. The highest BCUT2D eigenvalue weighted by molar-refractivity contribution is 5.98. The second-order valence-corrected chi connectivity index (χ2v) is 6.91. The minimum atomic E-state index is -0.599. The van der Waals surface area contributed by atoms with Gasteiger partial charge in [0.25, 0.3) is 11.6 Å². The number of benzene rings is 2. The van der Waals surface area contributed by atoms with E-state index in [0.717, 1.165) is 0 Å². The lowest BCUT2D eigenvalue weighted by atomic mass is 10.1. The summed E-state index contributed by atoms with van der Waals surface area (Å²) in [6.45, 7) is 0.203. The molecular weight excluding hydrogens is 444 g/mol. The molecule has 0 saturated heterocycles. The predicted molar refractivity (Wildman–Crippen MR) is 120 cm³/mol. The third-order valence-corrected chi connectivity index (χ3v) is 4.87. The first kappa shape index (κ1) is 22.5. The summed E-state index contributed by atoms with van der Waals surface area (Å²) in [6, 6.07) is 14.3. The van der Waals surface area contributed by atoms with Crippen molar-refractivity contribution in [1.82, 2.24) is 25.1 Å². The number of nitrogens with zero attached hydrogens (tertiary/aromatic N) is 5. The number of aromatic nitrogens is 4. The maximum absolute atomic E-state index is 12.3. The van der Waals surface area contributed by atoms with E-state index < -0.39 is 10.8 Å². The molecule has 0 aliphatic heterocycles. The Morgan fingerprint density at radius 1 is 1.09 bits per heavy atom. The molecule has 0 saturated carbocycles. The molecule has 2 heterocycles. The largest absolute Gasteiger partial charge is 0.497 e. The fraction of sp³-hybridized carbons (Fsp3) is 0.182. The van der Waals surface area contributed by atoms with Crippen molar-refractivity contribution in [2.45, 2.75) is 0 Å². The van der Waals surface area contributed by atoms with Gasteiger partial charge >= 0.3 is 0 Å². The monoisotopic (exact) mass is 464 g/mol. The molecule has 0 fully saturated rings. The number of nitro groups is 1. The minimum absolute atomic E-state index is 0.0200. The lowest BCUT2D eigenvalue weighted by Crippen LogP contribution is -2.28. The number of fused-ring (bicyclic) bond motifs is 1. The fourth-order valence-corrected chi connectivity index (χ4v) is 3.25. The number of carbonyl (C=O) groups is 1. The number of nitrogens with one attached hydrogen (secondary N) is 1. The number of amides is 1. The van der Waals surface area contributed by atoms with Crippen molar-refractivity contribution >= 4 is 17.2 Å². The van der Waals surface area contributed by atoms with Gasteiger partial charge in [0.2, 0.25) is 5.88 Å². The molecule has 0 unspecified atom stereocenters. The molecule has 0 radical (unpaired) electrons. The molecule has 0 aliphatic carbocycles. The number of ether oxygens (including phenoxy) is 3. The van der Waals surface area contributed by atoms with Crippen molar-refractivity contribution in [1.29, 1.82) is 0 Å². The van der Waals surface area contributed by atoms with Crippen LogP contribution in [0.4, 0.5) is 5.69 Å². The Morgan fingerprint density at radius 2 is 1.91 bits per heavy atom. The van der Waals surface area contributed by atoms with Gasteiger partial charge in [0.05, 0.1) is 31.3 Å². The summed E-state index contributed by atoms with van der Waals surface area (Å²) in [5, 5.41) is 26.5. The van der Waals surface area contributed by atoms with E-state index in [1.807, 2.05) is 0 Å². The highest BCUT2D eigenvalue weighted by Gasteiger charge is 2.19. The van der Waals surface area contributed by atoms with E-state index >= 15 is 0 Å². The number of para-hydroxylation sites is 1. The highest BCUT2D eigenvalue weighted by atomic mass is 16.6. The first-order valence-corrected chi connectivity index (χ1v) is 10.1. The third-order valence-electron chi connectivity index (χ3n) is 4.87. The second kappa shape index (κ2) is 9.81. The summed E-state index contributed by atoms with van der Waals surface area (Å²) >= 11 is 0. The quantitative estimate of drug-likeness (QED) is 0.224. The van der Waals surface area contributed by atoms with Crippen LogP contribution < -0.4 is 19.5 Å². The van der Waals surface area contributed by atoms with Gasteiger partial charge in [-0.25, -0.2) is 0 Å². The van der Waals surface area contributed by atoms with Gasteiger partial charge in [-0.2, -0.15) is 4.52 Å². The Hall–Kier alpha value is -4.74. The smallest absolute Gasteiger partial charge is 0.282 e. The summed E-state index contributed by atoms with van der Waals surface area (Å²) in [4.78, 5) is 22.8. The number of nitro benzene ring substituents is 1. The average molecular weight is 464 g/mol. The molecule has 2 aromatic carbocycles. The van der Waals surface area contributed by atoms with E-state index in [1.54, 1.807) is 50.6 Å². The van der Waals surface area contributed by atoms with Crippen LogP contribution in [-0.4, -0.2) is 58.0 Å². The van der Waals surface area contributed by atoms with Gasteiger partial charge in [-0.15, -0.1) is 15.3 Å². The SMILES string of the molecule is COc1ccc(OC)c(-c2nnc3ccc(OCCNC(=O)c4ccccc4[N+](=O)[O-])nn23)c1. The summed E-state index contributed by atoms with van der Waals surface area (Å²) in [6.07, 6.45) is 0. The van der Waals surface area contributed by atoms with Crippen LogP contribution in [0.3, 0.4) is 0 Å². The van der Waals surface area contributed by atoms with Crippen LogP contribution in [0.25, 0.3) is 17.0 Å².